The Morgan fingerprint density at radius 2 is 1.79 bits per heavy atom. The van der Waals surface area contributed by atoms with Gasteiger partial charge in [0.05, 0.1) is 18.4 Å². The topological polar surface area (TPSA) is 75.6 Å². The maximum absolute atomic E-state index is 13.5. The lowest BCUT2D eigenvalue weighted by atomic mass is 9.85. The molecule has 1 amide bonds. The molecule has 3 aromatic carbocycles. The minimum Gasteiger partial charge on any atom is -0.481 e. The fourth-order valence-corrected chi connectivity index (χ4v) is 5.89. The number of anilines is 1. The van der Waals surface area contributed by atoms with Crippen molar-refractivity contribution >= 4 is 29.3 Å². The average Bonchev–Trinajstić information content (AvgIpc) is 2.90. The largest absolute Gasteiger partial charge is 0.481 e. The van der Waals surface area contributed by atoms with Gasteiger partial charge in [-0.3, -0.25) is 9.59 Å². The number of carboxylic acid groups (broad SMARTS) is 1. The number of ether oxygens (including phenoxy) is 1. The molecule has 2 N–H and O–H groups in total. The molecule has 0 bridgehead atoms. The number of thioether (sulfide) groups is 1. The van der Waals surface area contributed by atoms with Crippen molar-refractivity contribution in [1.82, 2.24) is 0 Å². The van der Waals surface area contributed by atoms with E-state index < -0.39 is 5.97 Å². The van der Waals surface area contributed by atoms with Crippen molar-refractivity contribution in [2.75, 3.05) is 11.1 Å². The summed E-state index contributed by atoms with van der Waals surface area (Å²) in [6.07, 6.45) is 4.52. The van der Waals surface area contributed by atoms with Gasteiger partial charge in [-0.25, -0.2) is 0 Å². The molecule has 1 aliphatic carbocycles. The van der Waals surface area contributed by atoms with Gasteiger partial charge in [-0.2, -0.15) is 0 Å². The number of hydrogen-bond donors (Lipinski definition) is 2. The summed E-state index contributed by atoms with van der Waals surface area (Å²) in [6.45, 7) is 4.97. The van der Waals surface area contributed by atoms with Crippen LogP contribution in [0.25, 0.3) is 0 Å². The second-order valence-electron chi connectivity index (χ2n) is 10.3. The van der Waals surface area contributed by atoms with E-state index in [9.17, 15) is 9.59 Å². The van der Waals surface area contributed by atoms with Crippen LogP contribution in [0.3, 0.4) is 0 Å². The molecule has 0 radical (unpaired) electrons. The number of carbonyl (C=O) groups is 2. The third-order valence-electron chi connectivity index (χ3n) is 6.72. The zero-order chi connectivity index (χ0) is 26.9. The van der Waals surface area contributed by atoms with Crippen molar-refractivity contribution in [3.8, 4) is 0 Å². The first-order chi connectivity index (χ1) is 18.4. The van der Waals surface area contributed by atoms with Crippen LogP contribution in [0.5, 0.6) is 0 Å². The van der Waals surface area contributed by atoms with E-state index in [0.29, 0.717) is 30.3 Å². The minimum absolute atomic E-state index is 0.128. The lowest BCUT2D eigenvalue weighted by molar-refractivity contribution is -0.137. The van der Waals surface area contributed by atoms with Gasteiger partial charge in [0.2, 0.25) is 0 Å². The minimum atomic E-state index is -0.791. The summed E-state index contributed by atoms with van der Waals surface area (Å²) < 4.78 is 6.43. The Bertz CT molecular complexity index is 1240. The van der Waals surface area contributed by atoms with Gasteiger partial charge in [-0.05, 0) is 84.2 Å². The van der Waals surface area contributed by atoms with Crippen LogP contribution in [-0.4, -0.2) is 22.7 Å². The molecule has 200 valence electrons. The van der Waals surface area contributed by atoms with Crippen molar-refractivity contribution in [2.45, 2.75) is 70.0 Å². The molecule has 1 unspecified atom stereocenters. The first-order valence-corrected chi connectivity index (χ1v) is 14.5. The Hall–Kier alpha value is -3.09. The smallest absolute Gasteiger partial charge is 0.303 e. The average molecular weight is 532 g/mol. The van der Waals surface area contributed by atoms with Crippen molar-refractivity contribution in [3.05, 3.63) is 94.5 Å². The molecule has 0 fully saturated rings. The highest BCUT2D eigenvalue weighted by atomic mass is 32.2. The number of rotatable bonds is 12. The highest BCUT2D eigenvalue weighted by Crippen LogP contribution is 2.36. The third kappa shape index (κ3) is 7.71. The molecular weight excluding hydrogens is 494 g/mol. The van der Waals surface area contributed by atoms with E-state index in [1.165, 1.54) is 11.1 Å². The van der Waals surface area contributed by atoms with Gasteiger partial charge in [-0.1, -0.05) is 62.4 Å². The Balaban J connectivity index is 1.46. The van der Waals surface area contributed by atoms with E-state index >= 15 is 0 Å². The summed E-state index contributed by atoms with van der Waals surface area (Å²) in [5.74, 6) is 0.367. The van der Waals surface area contributed by atoms with Crippen LogP contribution in [0.2, 0.25) is 0 Å². The SMILES string of the molecule is CC(C)Cc1ccc(COC2CCCc3cccc(C(=O)Nc4ccccc4SCCCC(=O)O)c32)cc1. The van der Waals surface area contributed by atoms with E-state index in [4.69, 9.17) is 9.84 Å². The normalized spacial score (nSPS) is 14.8. The van der Waals surface area contributed by atoms with Crippen LogP contribution in [0.15, 0.2) is 71.6 Å². The zero-order valence-electron chi connectivity index (χ0n) is 22.2. The molecule has 0 saturated carbocycles. The first kappa shape index (κ1) is 27.9. The summed E-state index contributed by atoms with van der Waals surface area (Å²) >= 11 is 1.56. The van der Waals surface area contributed by atoms with Crippen LogP contribution in [0.4, 0.5) is 5.69 Å². The van der Waals surface area contributed by atoms with Crippen LogP contribution in [-0.2, 0) is 29.0 Å². The van der Waals surface area contributed by atoms with Crippen LogP contribution in [0, 0.1) is 5.92 Å². The maximum Gasteiger partial charge on any atom is 0.303 e. The van der Waals surface area contributed by atoms with Gasteiger partial charge in [0.1, 0.15) is 0 Å². The lowest BCUT2D eigenvalue weighted by Crippen LogP contribution is -2.21. The predicted molar refractivity (Wildman–Crippen MR) is 154 cm³/mol. The molecule has 1 aliphatic rings. The van der Waals surface area contributed by atoms with Gasteiger partial charge in [0.15, 0.2) is 0 Å². The number of hydrogen-bond acceptors (Lipinski definition) is 4. The van der Waals surface area contributed by atoms with E-state index in [1.54, 1.807) is 11.8 Å². The van der Waals surface area contributed by atoms with E-state index in [2.05, 4.69) is 49.5 Å². The second kappa shape index (κ2) is 13.6. The van der Waals surface area contributed by atoms with Gasteiger partial charge in [0.25, 0.3) is 5.91 Å². The van der Waals surface area contributed by atoms with E-state index in [0.717, 1.165) is 47.4 Å². The molecule has 0 saturated heterocycles. The summed E-state index contributed by atoms with van der Waals surface area (Å²) in [5, 5.41) is 12.0. The Labute approximate surface area is 230 Å². The number of aryl methyl sites for hydroxylation is 1. The predicted octanol–water partition coefficient (Wildman–Crippen LogP) is 7.69. The third-order valence-corrected chi connectivity index (χ3v) is 7.88. The first-order valence-electron chi connectivity index (χ1n) is 13.5. The van der Waals surface area contributed by atoms with Crippen molar-refractivity contribution < 1.29 is 19.4 Å². The summed E-state index contributed by atoms with van der Waals surface area (Å²) in [5.41, 5.74) is 6.05. The standard InChI is InChI=1S/C32H37NO4S/c1-22(2)20-23-15-17-24(18-16-23)21-37-28-12-6-9-25-8-5-10-26(31(25)28)32(36)33-27-11-3-4-13-29(27)38-19-7-14-30(34)35/h3-5,8,10-11,13,15-18,22,28H,6-7,9,12,14,19-21H2,1-2H3,(H,33,36)(H,34,35). The van der Waals surface area contributed by atoms with Crippen LogP contribution >= 0.6 is 11.8 Å². The van der Waals surface area contributed by atoms with Gasteiger partial charge >= 0.3 is 5.97 Å². The zero-order valence-corrected chi connectivity index (χ0v) is 23.1. The number of para-hydroxylation sites is 1. The fraction of sp³-hybridized carbons (Fsp3) is 0.375. The number of fused-ring (bicyclic) bond motifs is 1. The molecule has 1 atom stereocenters. The molecule has 0 spiro atoms. The number of carboxylic acids is 1. The fourth-order valence-electron chi connectivity index (χ4n) is 4.93. The van der Waals surface area contributed by atoms with Crippen LogP contribution < -0.4 is 5.32 Å². The summed E-state index contributed by atoms with van der Waals surface area (Å²) in [4.78, 5) is 25.3. The van der Waals surface area contributed by atoms with E-state index in [-0.39, 0.29) is 18.4 Å². The van der Waals surface area contributed by atoms with E-state index in [1.807, 2.05) is 36.4 Å². The molecule has 38 heavy (non-hydrogen) atoms. The van der Waals surface area contributed by atoms with Crippen LogP contribution in [0.1, 0.15) is 78.2 Å². The Kier molecular flexibility index (Phi) is 10.0. The number of benzene rings is 3. The summed E-state index contributed by atoms with van der Waals surface area (Å²) in [7, 11) is 0. The molecule has 0 heterocycles. The molecule has 5 nitrogen and oxygen atoms in total. The number of aliphatic carboxylic acids is 1. The highest BCUT2D eigenvalue weighted by molar-refractivity contribution is 7.99. The molecule has 6 heteroatoms. The lowest BCUT2D eigenvalue weighted by Gasteiger charge is -2.28. The van der Waals surface area contributed by atoms with Gasteiger partial charge in [0, 0.05) is 16.9 Å². The van der Waals surface area contributed by atoms with Crippen molar-refractivity contribution in [3.63, 3.8) is 0 Å². The highest BCUT2D eigenvalue weighted by Gasteiger charge is 2.27. The van der Waals surface area contributed by atoms with Crippen molar-refractivity contribution in [1.29, 1.82) is 0 Å². The van der Waals surface area contributed by atoms with Crippen molar-refractivity contribution in [2.24, 2.45) is 5.92 Å². The van der Waals surface area contributed by atoms with Gasteiger partial charge in [-0.15, -0.1) is 11.8 Å². The molecule has 0 aromatic heterocycles. The molecule has 4 rings (SSSR count). The summed E-state index contributed by atoms with van der Waals surface area (Å²) in [6, 6.07) is 22.3. The Morgan fingerprint density at radius 1 is 1.03 bits per heavy atom. The number of amides is 1. The molecule has 0 aliphatic heterocycles. The number of nitrogens with one attached hydrogen (secondary N) is 1. The molecule has 3 aromatic rings. The number of carbonyl (C=O) groups excluding carboxylic acids is 1. The quantitative estimate of drug-likeness (QED) is 0.185. The Morgan fingerprint density at radius 3 is 2.55 bits per heavy atom. The molecular formula is C32H37NO4S. The van der Waals surface area contributed by atoms with Gasteiger partial charge < -0.3 is 15.2 Å². The second-order valence-corrected chi connectivity index (χ2v) is 11.4. The monoisotopic (exact) mass is 531 g/mol. The maximum atomic E-state index is 13.5.